The summed E-state index contributed by atoms with van der Waals surface area (Å²) < 4.78 is 0. The van der Waals surface area contributed by atoms with Gasteiger partial charge in [-0.05, 0) is 26.2 Å². The third-order valence-electron chi connectivity index (χ3n) is 1.54. The van der Waals surface area contributed by atoms with Crippen molar-refractivity contribution in [2.24, 2.45) is 0 Å². The van der Waals surface area contributed by atoms with Gasteiger partial charge in [0.1, 0.15) is 0 Å². The Morgan fingerprint density at radius 1 is 1.30 bits per heavy atom. The van der Waals surface area contributed by atoms with E-state index < -0.39 is 0 Å². The molecule has 1 aliphatic rings. The van der Waals surface area contributed by atoms with Crippen LogP contribution in [0.5, 0.6) is 0 Å². The van der Waals surface area contributed by atoms with Gasteiger partial charge < -0.3 is 5.41 Å². The standard InChI is InChI=1S/C8H12N2/c1-10(2)8-5-3-7(9)4-6-8/h3-6,8-9H,1-2H3. The molecule has 0 spiro atoms. The average Bonchev–Trinajstić information content (AvgIpc) is 1.88. The summed E-state index contributed by atoms with van der Waals surface area (Å²) in [5, 5.41) is 7.23. The normalized spacial score (nSPS) is 24.3. The smallest absolute Gasteiger partial charge is 0.0534 e. The van der Waals surface area contributed by atoms with Crippen molar-refractivity contribution in [3.8, 4) is 0 Å². The molecule has 2 heteroatoms. The van der Waals surface area contributed by atoms with E-state index >= 15 is 0 Å². The average molecular weight is 136 g/mol. The summed E-state index contributed by atoms with van der Waals surface area (Å²) >= 11 is 0. The molecule has 0 aromatic carbocycles. The summed E-state index contributed by atoms with van der Waals surface area (Å²) in [7, 11) is 4.04. The highest BCUT2D eigenvalue weighted by Gasteiger charge is 2.05. The number of rotatable bonds is 1. The third kappa shape index (κ3) is 1.54. The van der Waals surface area contributed by atoms with Crippen LogP contribution in [-0.4, -0.2) is 30.7 Å². The zero-order valence-corrected chi connectivity index (χ0v) is 6.33. The second-order valence-corrected chi connectivity index (χ2v) is 2.63. The summed E-state index contributed by atoms with van der Waals surface area (Å²) in [6, 6.07) is 0.370. The number of likely N-dealkylation sites (N-methyl/N-ethyl adjacent to an activating group) is 1. The first-order valence-electron chi connectivity index (χ1n) is 3.31. The van der Waals surface area contributed by atoms with E-state index in [0.29, 0.717) is 11.8 Å². The number of nitrogens with one attached hydrogen (secondary N) is 1. The van der Waals surface area contributed by atoms with Crippen LogP contribution >= 0.6 is 0 Å². The molecule has 0 aliphatic heterocycles. The molecule has 10 heavy (non-hydrogen) atoms. The van der Waals surface area contributed by atoms with Crippen LogP contribution in [0.4, 0.5) is 0 Å². The largest absolute Gasteiger partial charge is 0.301 e. The molecule has 0 saturated heterocycles. The summed E-state index contributed by atoms with van der Waals surface area (Å²) in [5.41, 5.74) is 0.582. The number of hydrogen-bond donors (Lipinski definition) is 1. The van der Waals surface area contributed by atoms with Gasteiger partial charge in [0.25, 0.3) is 0 Å². The number of allylic oxidation sites excluding steroid dienone is 2. The predicted molar refractivity (Wildman–Crippen MR) is 43.5 cm³/mol. The van der Waals surface area contributed by atoms with Crippen LogP contribution in [0.2, 0.25) is 0 Å². The molecule has 1 rings (SSSR count). The second kappa shape index (κ2) is 2.80. The van der Waals surface area contributed by atoms with Gasteiger partial charge in [-0.25, -0.2) is 0 Å². The first-order valence-corrected chi connectivity index (χ1v) is 3.31. The lowest BCUT2D eigenvalue weighted by atomic mass is 10.1. The Bertz CT molecular complexity index is 173. The van der Waals surface area contributed by atoms with Crippen molar-refractivity contribution in [3.63, 3.8) is 0 Å². The molecule has 1 aliphatic carbocycles. The van der Waals surface area contributed by atoms with Gasteiger partial charge in [0.2, 0.25) is 0 Å². The first kappa shape index (κ1) is 7.22. The van der Waals surface area contributed by atoms with E-state index in [4.69, 9.17) is 5.41 Å². The number of nitrogens with zero attached hydrogens (tertiary/aromatic N) is 1. The van der Waals surface area contributed by atoms with Crippen molar-refractivity contribution >= 4 is 5.71 Å². The van der Waals surface area contributed by atoms with Gasteiger partial charge in [-0.2, -0.15) is 0 Å². The Labute approximate surface area is 61.4 Å². The van der Waals surface area contributed by atoms with E-state index in [0.717, 1.165) is 0 Å². The lowest BCUT2D eigenvalue weighted by Gasteiger charge is -2.18. The Balaban J connectivity index is 2.62. The molecule has 0 atom stereocenters. The molecular weight excluding hydrogens is 124 g/mol. The fraction of sp³-hybridized carbons (Fsp3) is 0.375. The van der Waals surface area contributed by atoms with Crippen molar-refractivity contribution in [3.05, 3.63) is 24.3 Å². The number of hydrogen-bond acceptors (Lipinski definition) is 2. The molecule has 0 unspecified atom stereocenters. The van der Waals surface area contributed by atoms with E-state index in [2.05, 4.69) is 4.90 Å². The van der Waals surface area contributed by atoms with Crippen molar-refractivity contribution in [2.45, 2.75) is 6.04 Å². The molecule has 0 amide bonds. The van der Waals surface area contributed by atoms with Crippen LogP contribution < -0.4 is 0 Å². The van der Waals surface area contributed by atoms with Gasteiger partial charge in [-0.3, -0.25) is 4.90 Å². The minimum absolute atomic E-state index is 0.370. The van der Waals surface area contributed by atoms with Crippen LogP contribution in [0.1, 0.15) is 0 Å². The van der Waals surface area contributed by atoms with E-state index in [1.54, 1.807) is 0 Å². The molecule has 54 valence electrons. The minimum atomic E-state index is 0.370. The highest BCUT2D eigenvalue weighted by atomic mass is 15.1. The molecule has 1 N–H and O–H groups in total. The van der Waals surface area contributed by atoms with Crippen molar-refractivity contribution in [1.29, 1.82) is 5.41 Å². The Morgan fingerprint density at radius 3 is 2.20 bits per heavy atom. The molecule has 0 bridgehead atoms. The van der Waals surface area contributed by atoms with Crippen molar-refractivity contribution in [2.75, 3.05) is 14.1 Å². The van der Waals surface area contributed by atoms with Gasteiger partial charge in [-0.15, -0.1) is 0 Å². The molecule has 0 radical (unpaired) electrons. The minimum Gasteiger partial charge on any atom is -0.301 e. The summed E-state index contributed by atoms with van der Waals surface area (Å²) in [6.45, 7) is 0. The van der Waals surface area contributed by atoms with Crippen LogP contribution in [0.3, 0.4) is 0 Å². The molecule has 0 fully saturated rings. The maximum Gasteiger partial charge on any atom is 0.0534 e. The van der Waals surface area contributed by atoms with Gasteiger partial charge >= 0.3 is 0 Å². The van der Waals surface area contributed by atoms with E-state index in [9.17, 15) is 0 Å². The van der Waals surface area contributed by atoms with Crippen LogP contribution in [0, 0.1) is 5.41 Å². The van der Waals surface area contributed by atoms with E-state index in [1.165, 1.54) is 0 Å². The van der Waals surface area contributed by atoms with Crippen molar-refractivity contribution in [1.82, 2.24) is 4.90 Å². The Kier molecular flexibility index (Phi) is 2.02. The third-order valence-corrected chi connectivity index (χ3v) is 1.54. The topological polar surface area (TPSA) is 27.1 Å². The molecule has 0 heterocycles. The maximum atomic E-state index is 7.23. The zero-order valence-electron chi connectivity index (χ0n) is 6.33. The maximum absolute atomic E-state index is 7.23. The molecule has 2 nitrogen and oxygen atoms in total. The van der Waals surface area contributed by atoms with Crippen LogP contribution in [-0.2, 0) is 0 Å². The monoisotopic (exact) mass is 136 g/mol. The summed E-state index contributed by atoms with van der Waals surface area (Å²) in [4.78, 5) is 2.10. The molecule has 0 aromatic rings. The van der Waals surface area contributed by atoms with Gasteiger partial charge in [0.15, 0.2) is 0 Å². The van der Waals surface area contributed by atoms with Crippen LogP contribution in [0.15, 0.2) is 24.3 Å². The molecule has 0 aromatic heterocycles. The first-order chi connectivity index (χ1) is 4.70. The Morgan fingerprint density at radius 2 is 1.80 bits per heavy atom. The lowest BCUT2D eigenvalue weighted by molar-refractivity contribution is 0.391. The lowest BCUT2D eigenvalue weighted by Crippen LogP contribution is -2.25. The van der Waals surface area contributed by atoms with E-state index in [1.807, 2.05) is 38.4 Å². The summed E-state index contributed by atoms with van der Waals surface area (Å²) in [5.74, 6) is 0. The zero-order chi connectivity index (χ0) is 7.56. The quantitative estimate of drug-likeness (QED) is 0.573. The van der Waals surface area contributed by atoms with Crippen LogP contribution in [0.25, 0.3) is 0 Å². The van der Waals surface area contributed by atoms with Gasteiger partial charge in [0, 0.05) is 6.04 Å². The molecular formula is C8H12N2. The van der Waals surface area contributed by atoms with Gasteiger partial charge in [0.05, 0.1) is 5.71 Å². The SMILES string of the molecule is CN(C)C1C=CC(=N)C=C1. The predicted octanol–water partition coefficient (Wildman–Crippen LogP) is 1.06. The van der Waals surface area contributed by atoms with Gasteiger partial charge in [-0.1, -0.05) is 12.2 Å². The molecule has 0 saturated carbocycles. The summed E-state index contributed by atoms with van der Waals surface area (Å²) in [6.07, 6.45) is 7.68. The highest BCUT2D eigenvalue weighted by Crippen LogP contribution is 2.03. The second-order valence-electron chi connectivity index (χ2n) is 2.63. The Hall–Kier alpha value is -0.890. The van der Waals surface area contributed by atoms with Crippen molar-refractivity contribution < 1.29 is 0 Å². The fourth-order valence-corrected chi connectivity index (χ4v) is 0.868. The fourth-order valence-electron chi connectivity index (χ4n) is 0.868. The highest BCUT2D eigenvalue weighted by molar-refractivity contribution is 6.02. The van der Waals surface area contributed by atoms with E-state index in [-0.39, 0.29) is 0 Å².